The van der Waals surface area contributed by atoms with Crippen molar-refractivity contribution in [3.8, 4) is 6.07 Å². The van der Waals surface area contributed by atoms with Gasteiger partial charge in [-0.2, -0.15) is 5.26 Å². The fourth-order valence-corrected chi connectivity index (χ4v) is 0.909. The molecule has 0 radical (unpaired) electrons. The maximum absolute atomic E-state index is 11.2. The van der Waals surface area contributed by atoms with Gasteiger partial charge in [0.15, 0.2) is 0 Å². The molecule has 0 unspecified atom stereocenters. The van der Waals surface area contributed by atoms with Gasteiger partial charge in [-0.05, 0) is 18.2 Å². The molecule has 0 aromatic heterocycles. The van der Waals surface area contributed by atoms with Crippen molar-refractivity contribution >= 4 is 5.91 Å². The van der Waals surface area contributed by atoms with E-state index in [9.17, 15) is 4.79 Å². The van der Waals surface area contributed by atoms with Gasteiger partial charge in [0, 0.05) is 12.6 Å². The Bertz CT molecular complexity index is 366. The summed E-state index contributed by atoms with van der Waals surface area (Å²) in [6, 6.07) is 8.06. The van der Waals surface area contributed by atoms with E-state index in [4.69, 9.17) is 10.5 Å². The Kier molecular flexibility index (Phi) is 2.62. The van der Waals surface area contributed by atoms with Crippen LogP contribution in [0.5, 0.6) is 0 Å². The van der Waals surface area contributed by atoms with Gasteiger partial charge in [0.25, 0.3) is 5.91 Å². The zero-order valence-corrected chi connectivity index (χ0v) is 7.06. The van der Waals surface area contributed by atoms with E-state index < -0.39 is 5.91 Å². The molecular weight excluding hydrogens is 168 g/mol. The summed E-state index contributed by atoms with van der Waals surface area (Å²) in [5, 5.41) is 17.9. The lowest BCUT2D eigenvalue weighted by molar-refractivity contribution is -0.0374. The van der Waals surface area contributed by atoms with E-state index in [2.05, 4.69) is 0 Å². The summed E-state index contributed by atoms with van der Waals surface area (Å²) >= 11 is 0. The molecule has 0 aliphatic rings. The number of hydrogen-bond acceptors (Lipinski definition) is 3. The fourth-order valence-electron chi connectivity index (χ4n) is 0.909. The molecule has 1 N–H and O–H groups in total. The number of nitriles is 1. The zero-order chi connectivity index (χ0) is 9.84. The van der Waals surface area contributed by atoms with Crippen molar-refractivity contribution in [1.29, 1.82) is 5.26 Å². The van der Waals surface area contributed by atoms with Crippen LogP contribution in [0.2, 0.25) is 0 Å². The lowest BCUT2D eigenvalue weighted by atomic mass is 10.1. The van der Waals surface area contributed by atoms with Gasteiger partial charge in [-0.3, -0.25) is 10.0 Å². The van der Waals surface area contributed by atoms with Crippen LogP contribution in [0.15, 0.2) is 24.3 Å². The van der Waals surface area contributed by atoms with Crippen LogP contribution in [0, 0.1) is 11.3 Å². The van der Waals surface area contributed by atoms with E-state index in [0.29, 0.717) is 16.2 Å². The highest BCUT2D eigenvalue weighted by atomic mass is 16.5. The molecule has 0 fully saturated rings. The highest BCUT2D eigenvalue weighted by Crippen LogP contribution is 2.05. The van der Waals surface area contributed by atoms with Gasteiger partial charge in [0.2, 0.25) is 0 Å². The van der Waals surface area contributed by atoms with Crippen molar-refractivity contribution in [2.75, 3.05) is 7.05 Å². The van der Waals surface area contributed by atoms with Crippen molar-refractivity contribution in [1.82, 2.24) is 5.06 Å². The lowest BCUT2D eigenvalue weighted by Crippen LogP contribution is -2.22. The highest BCUT2D eigenvalue weighted by Gasteiger charge is 2.08. The molecule has 1 amide bonds. The number of nitrogens with zero attached hydrogens (tertiary/aromatic N) is 2. The summed E-state index contributed by atoms with van der Waals surface area (Å²) in [6.07, 6.45) is 0. The van der Waals surface area contributed by atoms with Crippen molar-refractivity contribution in [3.05, 3.63) is 35.4 Å². The van der Waals surface area contributed by atoms with E-state index in [0.717, 1.165) is 0 Å². The van der Waals surface area contributed by atoms with Gasteiger partial charge >= 0.3 is 0 Å². The first kappa shape index (κ1) is 9.23. The standard InChI is InChI=1S/C9H8N2O2/c1-11(13)9(12)8-4-2-3-7(5-8)6-10/h2-5,13H,1H3. The molecule has 1 aromatic carbocycles. The predicted molar refractivity (Wildman–Crippen MR) is 45.0 cm³/mol. The van der Waals surface area contributed by atoms with Gasteiger partial charge < -0.3 is 0 Å². The van der Waals surface area contributed by atoms with Crippen molar-refractivity contribution < 1.29 is 10.0 Å². The minimum atomic E-state index is -0.530. The second kappa shape index (κ2) is 3.70. The van der Waals surface area contributed by atoms with Gasteiger partial charge in [-0.1, -0.05) is 6.07 Å². The molecule has 0 spiro atoms. The third kappa shape index (κ3) is 2.04. The molecular formula is C9H8N2O2. The Morgan fingerprint density at radius 1 is 1.62 bits per heavy atom. The Balaban J connectivity index is 3.04. The van der Waals surface area contributed by atoms with E-state index in [1.165, 1.54) is 19.2 Å². The molecule has 0 aliphatic carbocycles. The van der Waals surface area contributed by atoms with Gasteiger partial charge in [-0.15, -0.1) is 0 Å². The number of rotatable bonds is 1. The van der Waals surface area contributed by atoms with Crippen molar-refractivity contribution in [2.24, 2.45) is 0 Å². The fraction of sp³-hybridized carbons (Fsp3) is 0.111. The molecule has 0 saturated carbocycles. The minimum absolute atomic E-state index is 0.295. The first-order valence-electron chi connectivity index (χ1n) is 3.62. The number of carbonyl (C=O) groups is 1. The van der Waals surface area contributed by atoms with Crippen LogP contribution >= 0.6 is 0 Å². The first-order chi connectivity index (χ1) is 6.15. The SMILES string of the molecule is CN(O)C(=O)c1cccc(C#N)c1. The molecule has 4 nitrogen and oxygen atoms in total. The lowest BCUT2D eigenvalue weighted by Gasteiger charge is -2.07. The Morgan fingerprint density at radius 2 is 2.31 bits per heavy atom. The van der Waals surface area contributed by atoms with E-state index in [-0.39, 0.29) is 0 Å². The van der Waals surface area contributed by atoms with Crippen molar-refractivity contribution in [3.63, 3.8) is 0 Å². The number of benzene rings is 1. The van der Waals surface area contributed by atoms with Crippen LogP contribution in [0.3, 0.4) is 0 Å². The molecule has 4 heteroatoms. The van der Waals surface area contributed by atoms with Gasteiger partial charge in [-0.25, -0.2) is 5.06 Å². The van der Waals surface area contributed by atoms with E-state index in [1.807, 2.05) is 6.07 Å². The van der Waals surface area contributed by atoms with Crippen LogP contribution in [0.25, 0.3) is 0 Å². The maximum Gasteiger partial charge on any atom is 0.276 e. The highest BCUT2D eigenvalue weighted by molar-refractivity contribution is 5.93. The normalized spacial score (nSPS) is 9.00. The van der Waals surface area contributed by atoms with Crippen LogP contribution in [-0.2, 0) is 0 Å². The minimum Gasteiger partial charge on any atom is -0.286 e. The summed E-state index contributed by atoms with van der Waals surface area (Å²) in [5.74, 6) is -0.530. The van der Waals surface area contributed by atoms with Crippen molar-refractivity contribution in [2.45, 2.75) is 0 Å². The van der Waals surface area contributed by atoms with Gasteiger partial charge in [0.1, 0.15) is 0 Å². The molecule has 1 aromatic rings. The number of carbonyl (C=O) groups excluding carboxylic acids is 1. The third-order valence-corrected chi connectivity index (χ3v) is 1.53. The average Bonchev–Trinajstić information content (AvgIpc) is 2.16. The van der Waals surface area contributed by atoms with Gasteiger partial charge in [0.05, 0.1) is 11.6 Å². The van der Waals surface area contributed by atoms with Crippen LogP contribution < -0.4 is 0 Å². The third-order valence-electron chi connectivity index (χ3n) is 1.53. The number of hydroxylamine groups is 2. The van der Waals surface area contributed by atoms with Crippen LogP contribution in [0.4, 0.5) is 0 Å². The van der Waals surface area contributed by atoms with E-state index in [1.54, 1.807) is 12.1 Å². The second-order valence-electron chi connectivity index (χ2n) is 2.52. The molecule has 0 heterocycles. The monoisotopic (exact) mass is 176 g/mol. The topological polar surface area (TPSA) is 64.3 Å². The Hall–Kier alpha value is -1.86. The quantitative estimate of drug-likeness (QED) is 0.513. The number of hydrogen-bond donors (Lipinski definition) is 1. The smallest absolute Gasteiger partial charge is 0.276 e. The van der Waals surface area contributed by atoms with Crippen LogP contribution in [0.1, 0.15) is 15.9 Å². The molecule has 13 heavy (non-hydrogen) atoms. The Labute approximate surface area is 75.6 Å². The predicted octanol–water partition coefficient (Wildman–Crippen LogP) is 1.02. The number of amides is 1. The Morgan fingerprint density at radius 3 is 2.85 bits per heavy atom. The average molecular weight is 176 g/mol. The summed E-state index contributed by atoms with van der Waals surface area (Å²) in [7, 11) is 1.24. The summed E-state index contributed by atoms with van der Waals surface area (Å²) < 4.78 is 0. The largest absolute Gasteiger partial charge is 0.286 e. The second-order valence-corrected chi connectivity index (χ2v) is 2.52. The molecule has 66 valence electrons. The summed E-state index contributed by atoms with van der Waals surface area (Å²) in [6.45, 7) is 0. The molecule has 1 rings (SSSR count). The zero-order valence-electron chi connectivity index (χ0n) is 7.06. The molecule has 0 atom stereocenters. The first-order valence-corrected chi connectivity index (χ1v) is 3.62. The molecule has 0 aliphatic heterocycles. The summed E-state index contributed by atoms with van der Waals surface area (Å²) in [4.78, 5) is 11.2. The van der Waals surface area contributed by atoms with Crippen LogP contribution in [-0.4, -0.2) is 23.2 Å². The molecule has 0 bridgehead atoms. The van der Waals surface area contributed by atoms with E-state index >= 15 is 0 Å². The maximum atomic E-state index is 11.2. The molecule has 0 saturated heterocycles. The summed E-state index contributed by atoms with van der Waals surface area (Å²) in [5.41, 5.74) is 0.691.